The van der Waals surface area contributed by atoms with Crippen molar-refractivity contribution in [1.29, 1.82) is 0 Å². The highest BCUT2D eigenvalue weighted by Gasteiger charge is 2.36. The third-order valence-electron chi connectivity index (χ3n) is 3.30. The highest BCUT2D eigenvalue weighted by atomic mass is 16.4. The van der Waals surface area contributed by atoms with Crippen molar-refractivity contribution in [2.24, 2.45) is 5.41 Å². The van der Waals surface area contributed by atoms with E-state index in [0.29, 0.717) is 0 Å². The monoisotopic (exact) mass is 215 g/mol. The molecular formula is C11H21NO3. The Morgan fingerprint density at radius 3 is 2.67 bits per heavy atom. The molecular weight excluding hydrogens is 194 g/mol. The summed E-state index contributed by atoms with van der Waals surface area (Å²) in [5.74, 6) is -0.758. The lowest BCUT2D eigenvalue weighted by atomic mass is 9.80. The second-order valence-electron chi connectivity index (χ2n) is 5.21. The smallest absolute Gasteiger partial charge is 0.304 e. The first-order valence-corrected chi connectivity index (χ1v) is 5.47. The molecule has 4 nitrogen and oxygen atoms in total. The first kappa shape index (κ1) is 12.5. The number of aliphatic hydroxyl groups is 1. The second kappa shape index (κ2) is 4.49. The van der Waals surface area contributed by atoms with Crippen LogP contribution in [0.15, 0.2) is 0 Å². The number of carboxylic acid groups (broad SMARTS) is 1. The maximum absolute atomic E-state index is 10.6. The standard InChI is InChI=1S/C11H21NO3/c1-8(6-10(14)15)12-5-4-9(13)11(2,3)7-12/h8-9,13H,4-7H2,1-3H3,(H,14,15). The fraction of sp³-hybridized carbons (Fsp3) is 0.909. The van der Waals surface area contributed by atoms with Crippen LogP contribution in [0.5, 0.6) is 0 Å². The van der Waals surface area contributed by atoms with E-state index in [4.69, 9.17) is 5.11 Å². The van der Waals surface area contributed by atoms with Crippen molar-refractivity contribution in [3.63, 3.8) is 0 Å². The predicted octanol–water partition coefficient (Wildman–Crippen LogP) is 0.942. The van der Waals surface area contributed by atoms with E-state index in [1.807, 2.05) is 20.8 Å². The topological polar surface area (TPSA) is 60.8 Å². The fourth-order valence-corrected chi connectivity index (χ4v) is 2.14. The number of nitrogens with zero attached hydrogens (tertiary/aromatic N) is 1. The Hall–Kier alpha value is -0.610. The number of aliphatic carboxylic acids is 1. The molecule has 1 aliphatic rings. The summed E-state index contributed by atoms with van der Waals surface area (Å²) in [7, 11) is 0. The van der Waals surface area contributed by atoms with Gasteiger partial charge in [0.25, 0.3) is 0 Å². The molecule has 88 valence electrons. The van der Waals surface area contributed by atoms with Crippen molar-refractivity contribution >= 4 is 5.97 Å². The van der Waals surface area contributed by atoms with Crippen LogP contribution >= 0.6 is 0 Å². The normalized spacial score (nSPS) is 28.7. The van der Waals surface area contributed by atoms with Gasteiger partial charge in [-0.15, -0.1) is 0 Å². The van der Waals surface area contributed by atoms with Gasteiger partial charge in [-0.25, -0.2) is 0 Å². The van der Waals surface area contributed by atoms with E-state index in [0.717, 1.165) is 19.5 Å². The highest BCUT2D eigenvalue weighted by molar-refractivity contribution is 5.67. The number of carbonyl (C=O) groups is 1. The fourth-order valence-electron chi connectivity index (χ4n) is 2.14. The molecule has 0 saturated carbocycles. The molecule has 0 aromatic carbocycles. The van der Waals surface area contributed by atoms with Crippen molar-refractivity contribution in [2.45, 2.75) is 45.8 Å². The molecule has 0 bridgehead atoms. The minimum Gasteiger partial charge on any atom is -0.481 e. The van der Waals surface area contributed by atoms with Crippen LogP contribution in [-0.4, -0.2) is 46.3 Å². The average Bonchev–Trinajstić information content (AvgIpc) is 2.08. The van der Waals surface area contributed by atoms with Crippen LogP contribution in [0.2, 0.25) is 0 Å². The Balaban J connectivity index is 2.55. The second-order valence-corrected chi connectivity index (χ2v) is 5.21. The maximum Gasteiger partial charge on any atom is 0.304 e. The number of aliphatic hydroxyl groups excluding tert-OH is 1. The lowest BCUT2D eigenvalue weighted by molar-refractivity contribution is -0.139. The van der Waals surface area contributed by atoms with Crippen molar-refractivity contribution in [2.75, 3.05) is 13.1 Å². The average molecular weight is 215 g/mol. The molecule has 0 aromatic heterocycles. The van der Waals surface area contributed by atoms with Gasteiger partial charge >= 0.3 is 5.97 Å². The Labute approximate surface area is 90.9 Å². The van der Waals surface area contributed by atoms with E-state index in [2.05, 4.69) is 4.90 Å². The first-order chi connectivity index (χ1) is 6.83. The number of hydrogen-bond acceptors (Lipinski definition) is 3. The maximum atomic E-state index is 10.6. The number of carboxylic acids is 1. The first-order valence-electron chi connectivity index (χ1n) is 5.47. The molecule has 1 fully saturated rings. The van der Waals surface area contributed by atoms with E-state index >= 15 is 0 Å². The molecule has 2 unspecified atom stereocenters. The Morgan fingerprint density at radius 1 is 1.60 bits per heavy atom. The molecule has 4 heteroatoms. The molecule has 1 rings (SSSR count). The van der Waals surface area contributed by atoms with Crippen LogP contribution in [0, 0.1) is 5.41 Å². The van der Waals surface area contributed by atoms with Gasteiger partial charge in [-0.05, 0) is 13.3 Å². The number of likely N-dealkylation sites (tertiary alicyclic amines) is 1. The van der Waals surface area contributed by atoms with E-state index < -0.39 is 5.97 Å². The quantitative estimate of drug-likeness (QED) is 0.735. The molecule has 1 saturated heterocycles. The molecule has 15 heavy (non-hydrogen) atoms. The lowest BCUT2D eigenvalue weighted by Crippen LogP contribution is -2.51. The molecule has 0 aliphatic carbocycles. The van der Waals surface area contributed by atoms with Gasteiger partial charge in [-0.2, -0.15) is 0 Å². The minimum absolute atomic E-state index is 0.0503. The predicted molar refractivity (Wildman–Crippen MR) is 57.7 cm³/mol. The van der Waals surface area contributed by atoms with Gasteiger partial charge < -0.3 is 10.2 Å². The molecule has 0 radical (unpaired) electrons. The summed E-state index contributed by atoms with van der Waals surface area (Å²) in [4.78, 5) is 12.8. The van der Waals surface area contributed by atoms with Gasteiger partial charge in [0.2, 0.25) is 0 Å². The lowest BCUT2D eigenvalue weighted by Gasteiger charge is -2.44. The van der Waals surface area contributed by atoms with Crippen LogP contribution in [0.4, 0.5) is 0 Å². The largest absolute Gasteiger partial charge is 0.481 e. The van der Waals surface area contributed by atoms with Crippen molar-refractivity contribution in [3.8, 4) is 0 Å². The Morgan fingerprint density at radius 2 is 2.20 bits per heavy atom. The van der Waals surface area contributed by atoms with Crippen molar-refractivity contribution in [1.82, 2.24) is 4.90 Å². The Kier molecular flexibility index (Phi) is 3.73. The summed E-state index contributed by atoms with van der Waals surface area (Å²) >= 11 is 0. The third kappa shape index (κ3) is 3.18. The van der Waals surface area contributed by atoms with Crippen molar-refractivity contribution in [3.05, 3.63) is 0 Å². The van der Waals surface area contributed by atoms with E-state index in [1.54, 1.807) is 0 Å². The molecule has 2 atom stereocenters. The number of hydrogen-bond donors (Lipinski definition) is 2. The summed E-state index contributed by atoms with van der Waals surface area (Å²) in [5, 5.41) is 18.5. The van der Waals surface area contributed by atoms with Gasteiger partial charge in [0.15, 0.2) is 0 Å². The molecule has 0 amide bonds. The summed E-state index contributed by atoms with van der Waals surface area (Å²) in [6.45, 7) is 7.54. The van der Waals surface area contributed by atoms with Gasteiger partial charge in [0.1, 0.15) is 0 Å². The van der Waals surface area contributed by atoms with Crippen LogP contribution in [-0.2, 0) is 4.79 Å². The van der Waals surface area contributed by atoms with Gasteiger partial charge in [0.05, 0.1) is 12.5 Å². The summed E-state index contributed by atoms with van der Waals surface area (Å²) in [5.41, 5.74) is -0.134. The van der Waals surface area contributed by atoms with E-state index in [-0.39, 0.29) is 24.0 Å². The zero-order valence-corrected chi connectivity index (χ0v) is 9.73. The van der Waals surface area contributed by atoms with Gasteiger partial charge in [-0.1, -0.05) is 13.8 Å². The van der Waals surface area contributed by atoms with Crippen LogP contribution < -0.4 is 0 Å². The summed E-state index contributed by atoms with van der Waals surface area (Å²) in [6.07, 6.45) is 0.633. The van der Waals surface area contributed by atoms with Crippen LogP contribution in [0.25, 0.3) is 0 Å². The Bertz CT molecular complexity index is 240. The molecule has 1 heterocycles. The molecule has 0 aromatic rings. The third-order valence-corrected chi connectivity index (χ3v) is 3.30. The van der Waals surface area contributed by atoms with E-state index in [9.17, 15) is 9.90 Å². The number of piperidine rings is 1. The molecule has 1 aliphatic heterocycles. The molecule has 2 N–H and O–H groups in total. The van der Waals surface area contributed by atoms with Crippen LogP contribution in [0.3, 0.4) is 0 Å². The van der Waals surface area contributed by atoms with Crippen molar-refractivity contribution < 1.29 is 15.0 Å². The molecule has 0 spiro atoms. The number of rotatable bonds is 3. The van der Waals surface area contributed by atoms with Crippen LogP contribution in [0.1, 0.15) is 33.6 Å². The minimum atomic E-state index is -0.758. The van der Waals surface area contributed by atoms with Gasteiger partial charge in [-0.3, -0.25) is 9.69 Å². The summed E-state index contributed by atoms with van der Waals surface area (Å²) < 4.78 is 0. The zero-order chi connectivity index (χ0) is 11.6. The van der Waals surface area contributed by atoms with Gasteiger partial charge in [0, 0.05) is 24.5 Å². The van der Waals surface area contributed by atoms with E-state index in [1.165, 1.54) is 0 Å². The SMILES string of the molecule is CC(CC(=O)O)N1CCC(O)C(C)(C)C1. The summed E-state index contributed by atoms with van der Waals surface area (Å²) in [6, 6.07) is 0.0503. The zero-order valence-electron chi connectivity index (χ0n) is 9.73. The highest BCUT2D eigenvalue weighted by Crippen LogP contribution is 2.30.